The van der Waals surface area contributed by atoms with Gasteiger partial charge in [0, 0.05) is 18.5 Å². The zero-order valence-electron chi connectivity index (χ0n) is 15.1. The standard InChI is InChI=1S/C21H23N3O2/c1-15-19(14-17-6-4-3-5-7-17)23-21(24-20(15)25)22-13-12-16-8-10-18(26-2)11-9-16/h3-11H,12-14H2,1-2H3,(H2,22,23,24,25). The van der Waals surface area contributed by atoms with Crippen molar-refractivity contribution >= 4 is 5.95 Å². The lowest BCUT2D eigenvalue weighted by Gasteiger charge is -2.10. The summed E-state index contributed by atoms with van der Waals surface area (Å²) in [4.78, 5) is 19.6. The predicted molar refractivity (Wildman–Crippen MR) is 104 cm³/mol. The summed E-state index contributed by atoms with van der Waals surface area (Å²) in [5, 5.41) is 3.22. The van der Waals surface area contributed by atoms with E-state index in [1.165, 1.54) is 5.56 Å². The lowest BCUT2D eigenvalue weighted by molar-refractivity contribution is 0.414. The second-order valence-corrected chi connectivity index (χ2v) is 6.17. The number of benzene rings is 2. The summed E-state index contributed by atoms with van der Waals surface area (Å²) >= 11 is 0. The molecule has 0 spiro atoms. The van der Waals surface area contributed by atoms with Gasteiger partial charge in [0.25, 0.3) is 5.56 Å². The minimum absolute atomic E-state index is 0.0992. The maximum absolute atomic E-state index is 12.2. The molecule has 0 radical (unpaired) electrons. The molecule has 26 heavy (non-hydrogen) atoms. The zero-order chi connectivity index (χ0) is 18.4. The molecule has 3 rings (SSSR count). The van der Waals surface area contributed by atoms with Gasteiger partial charge in [-0.1, -0.05) is 42.5 Å². The molecule has 0 unspecified atom stereocenters. The van der Waals surface area contributed by atoms with E-state index in [0.717, 1.165) is 23.4 Å². The van der Waals surface area contributed by atoms with Crippen molar-refractivity contribution in [3.63, 3.8) is 0 Å². The Kier molecular flexibility index (Phi) is 5.69. The number of nitrogens with zero attached hydrogens (tertiary/aromatic N) is 1. The number of methoxy groups -OCH3 is 1. The Morgan fingerprint density at radius 2 is 1.77 bits per heavy atom. The first-order chi connectivity index (χ1) is 12.7. The Balaban J connectivity index is 1.66. The second kappa shape index (κ2) is 8.34. The molecule has 1 heterocycles. The first kappa shape index (κ1) is 17.7. The molecule has 5 heteroatoms. The molecule has 0 fully saturated rings. The van der Waals surface area contributed by atoms with Crippen LogP contribution < -0.4 is 15.6 Å². The summed E-state index contributed by atoms with van der Waals surface area (Å²) in [7, 11) is 1.66. The topological polar surface area (TPSA) is 67.0 Å². The fraction of sp³-hybridized carbons (Fsp3) is 0.238. The van der Waals surface area contributed by atoms with Gasteiger partial charge in [0.15, 0.2) is 0 Å². The molecule has 0 amide bonds. The van der Waals surface area contributed by atoms with Crippen molar-refractivity contribution in [2.45, 2.75) is 19.8 Å². The molecule has 134 valence electrons. The Labute approximate surface area is 153 Å². The highest BCUT2D eigenvalue weighted by atomic mass is 16.5. The van der Waals surface area contributed by atoms with E-state index in [0.29, 0.717) is 24.5 Å². The minimum Gasteiger partial charge on any atom is -0.497 e. The number of hydrogen-bond acceptors (Lipinski definition) is 4. The lowest BCUT2D eigenvalue weighted by Crippen LogP contribution is -2.19. The van der Waals surface area contributed by atoms with Crippen LogP contribution in [0.15, 0.2) is 59.4 Å². The molecule has 0 aliphatic carbocycles. The summed E-state index contributed by atoms with van der Waals surface area (Å²) in [6.07, 6.45) is 1.47. The van der Waals surface area contributed by atoms with E-state index in [1.807, 2.05) is 61.5 Å². The highest BCUT2D eigenvalue weighted by molar-refractivity contribution is 5.33. The van der Waals surface area contributed by atoms with Crippen LogP contribution in [-0.4, -0.2) is 23.6 Å². The molecule has 0 saturated heterocycles. The van der Waals surface area contributed by atoms with Gasteiger partial charge >= 0.3 is 0 Å². The fourth-order valence-electron chi connectivity index (χ4n) is 2.74. The summed E-state index contributed by atoms with van der Waals surface area (Å²) in [5.74, 6) is 1.36. The van der Waals surface area contributed by atoms with Crippen LogP contribution in [0.25, 0.3) is 0 Å². The van der Waals surface area contributed by atoms with Crippen LogP contribution in [0.5, 0.6) is 5.75 Å². The molecular weight excluding hydrogens is 326 g/mol. The Hall–Kier alpha value is -3.08. The summed E-state index contributed by atoms with van der Waals surface area (Å²) in [5.41, 5.74) is 3.69. The van der Waals surface area contributed by atoms with E-state index in [9.17, 15) is 4.79 Å². The molecule has 0 atom stereocenters. The zero-order valence-corrected chi connectivity index (χ0v) is 15.1. The lowest BCUT2D eigenvalue weighted by atomic mass is 10.1. The van der Waals surface area contributed by atoms with E-state index in [1.54, 1.807) is 7.11 Å². The summed E-state index contributed by atoms with van der Waals surface area (Å²) < 4.78 is 5.16. The molecule has 2 N–H and O–H groups in total. The van der Waals surface area contributed by atoms with Crippen molar-refractivity contribution in [1.82, 2.24) is 9.97 Å². The van der Waals surface area contributed by atoms with Gasteiger partial charge < -0.3 is 10.1 Å². The summed E-state index contributed by atoms with van der Waals surface area (Å²) in [6, 6.07) is 18.0. The van der Waals surface area contributed by atoms with Crippen molar-refractivity contribution in [2.24, 2.45) is 0 Å². The number of rotatable bonds is 7. The molecule has 5 nitrogen and oxygen atoms in total. The van der Waals surface area contributed by atoms with Crippen molar-refractivity contribution in [1.29, 1.82) is 0 Å². The quantitative estimate of drug-likeness (QED) is 0.687. The third-order valence-electron chi connectivity index (χ3n) is 4.33. The molecule has 0 aliphatic rings. The normalized spacial score (nSPS) is 10.5. The van der Waals surface area contributed by atoms with Crippen LogP contribution in [0.1, 0.15) is 22.4 Å². The average Bonchev–Trinajstić information content (AvgIpc) is 2.67. The van der Waals surface area contributed by atoms with Crippen LogP contribution in [0, 0.1) is 6.92 Å². The number of anilines is 1. The average molecular weight is 349 g/mol. The highest BCUT2D eigenvalue weighted by Gasteiger charge is 2.08. The Bertz CT molecular complexity index is 903. The van der Waals surface area contributed by atoms with Crippen molar-refractivity contribution in [3.8, 4) is 5.75 Å². The van der Waals surface area contributed by atoms with E-state index < -0.39 is 0 Å². The number of aromatic amines is 1. The first-order valence-corrected chi connectivity index (χ1v) is 8.66. The molecule has 2 aromatic carbocycles. The number of hydrogen-bond donors (Lipinski definition) is 2. The molecular formula is C21H23N3O2. The highest BCUT2D eigenvalue weighted by Crippen LogP contribution is 2.13. The molecule has 0 saturated carbocycles. The van der Waals surface area contributed by atoms with Gasteiger partial charge in [-0.15, -0.1) is 0 Å². The smallest absolute Gasteiger partial charge is 0.255 e. The molecule has 3 aromatic rings. The van der Waals surface area contributed by atoms with Crippen LogP contribution in [-0.2, 0) is 12.8 Å². The van der Waals surface area contributed by atoms with Crippen molar-refractivity contribution in [2.75, 3.05) is 19.0 Å². The minimum atomic E-state index is -0.0992. The van der Waals surface area contributed by atoms with E-state index in [2.05, 4.69) is 15.3 Å². The van der Waals surface area contributed by atoms with E-state index in [4.69, 9.17) is 4.74 Å². The number of aromatic nitrogens is 2. The largest absolute Gasteiger partial charge is 0.497 e. The van der Waals surface area contributed by atoms with Crippen LogP contribution in [0.4, 0.5) is 5.95 Å². The third-order valence-corrected chi connectivity index (χ3v) is 4.33. The first-order valence-electron chi connectivity index (χ1n) is 8.66. The van der Waals surface area contributed by atoms with E-state index >= 15 is 0 Å². The number of nitrogens with one attached hydrogen (secondary N) is 2. The van der Waals surface area contributed by atoms with Gasteiger partial charge in [-0.2, -0.15) is 0 Å². The summed E-state index contributed by atoms with van der Waals surface area (Å²) in [6.45, 7) is 2.49. The molecule has 0 aliphatic heterocycles. The van der Waals surface area contributed by atoms with Gasteiger partial charge in [-0.05, 0) is 36.6 Å². The van der Waals surface area contributed by atoms with Crippen LogP contribution in [0.3, 0.4) is 0 Å². The van der Waals surface area contributed by atoms with Gasteiger partial charge in [-0.3, -0.25) is 9.78 Å². The van der Waals surface area contributed by atoms with Crippen molar-refractivity contribution in [3.05, 3.63) is 87.3 Å². The van der Waals surface area contributed by atoms with E-state index in [-0.39, 0.29) is 5.56 Å². The SMILES string of the molecule is COc1ccc(CCNc2nc(Cc3ccccc3)c(C)c(=O)[nH]2)cc1. The molecule has 0 bridgehead atoms. The van der Waals surface area contributed by atoms with Gasteiger partial charge in [0.05, 0.1) is 12.8 Å². The van der Waals surface area contributed by atoms with Crippen LogP contribution >= 0.6 is 0 Å². The van der Waals surface area contributed by atoms with Crippen LogP contribution in [0.2, 0.25) is 0 Å². The Morgan fingerprint density at radius 1 is 1.04 bits per heavy atom. The monoisotopic (exact) mass is 349 g/mol. The van der Waals surface area contributed by atoms with Gasteiger partial charge in [-0.25, -0.2) is 4.98 Å². The van der Waals surface area contributed by atoms with Gasteiger partial charge in [0.2, 0.25) is 5.95 Å². The number of ether oxygens (including phenoxy) is 1. The maximum Gasteiger partial charge on any atom is 0.255 e. The predicted octanol–water partition coefficient (Wildman–Crippen LogP) is 3.33. The van der Waals surface area contributed by atoms with Gasteiger partial charge in [0.1, 0.15) is 5.75 Å². The van der Waals surface area contributed by atoms with Crippen molar-refractivity contribution < 1.29 is 4.74 Å². The molecule has 1 aromatic heterocycles. The Morgan fingerprint density at radius 3 is 2.46 bits per heavy atom. The third kappa shape index (κ3) is 4.51. The fourth-order valence-corrected chi connectivity index (χ4v) is 2.74. The maximum atomic E-state index is 12.2. The second-order valence-electron chi connectivity index (χ2n) is 6.17. The number of H-pyrrole nitrogens is 1.